The second-order valence-corrected chi connectivity index (χ2v) is 6.64. The number of carbonyl (C=O) groups is 1. The molecule has 1 N–H and O–H groups in total. The average molecular weight is 361 g/mol. The van der Waals surface area contributed by atoms with Crippen LogP contribution in [0.4, 0.5) is 5.69 Å². The van der Waals surface area contributed by atoms with E-state index >= 15 is 0 Å². The summed E-state index contributed by atoms with van der Waals surface area (Å²) in [4.78, 5) is 21.7. The quantitative estimate of drug-likeness (QED) is 0.712. The normalized spacial score (nSPS) is 17.0. The van der Waals surface area contributed by atoms with Crippen LogP contribution in [0.2, 0.25) is 0 Å². The minimum Gasteiger partial charge on any atom is -0.494 e. The molecule has 1 aromatic heterocycles. The molecule has 4 rings (SSSR count). The first-order valence-electron chi connectivity index (χ1n) is 8.00. The van der Waals surface area contributed by atoms with Gasteiger partial charge in [-0.1, -0.05) is 24.3 Å². The number of fused-ring (bicyclic) bond motifs is 1. The summed E-state index contributed by atoms with van der Waals surface area (Å²) in [5.41, 5.74) is 2.55. The van der Waals surface area contributed by atoms with Gasteiger partial charge in [0.05, 0.1) is 17.5 Å². The van der Waals surface area contributed by atoms with Gasteiger partial charge in [-0.2, -0.15) is 0 Å². The van der Waals surface area contributed by atoms with Crippen LogP contribution < -0.4 is 10.1 Å². The summed E-state index contributed by atoms with van der Waals surface area (Å²) in [6, 6.07) is 17.2. The highest BCUT2D eigenvalue weighted by molar-refractivity contribution is 8.18. The molecule has 0 radical (unpaired) electrons. The number of aliphatic imine (C=N–C) groups is 1. The summed E-state index contributed by atoms with van der Waals surface area (Å²) in [5.74, 6) is 0.504. The molecule has 2 aromatic carbocycles. The number of amides is 1. The van der Waals surface area contributed by atoms with E-state index in [1.165, 1.54) is 11.8 Å². The highest BCUT2D eigenvalue weighted by Gasteiger charge is 2.24. The minimum atomic E-state index is -0.157. The topological polar surface area (TPSA) is 63.6 Å². The molecule has 3 aromatic rings. The van der Waals surface area contributed by atoms with Crippen LogP contribution in [-0.4, -0.2) is 23.2 Å². The van der Waals surface area contributed by atoms with Crippen molar-refractivity contribution in [1.29, 1.82) is 0 Å². The molecular formula is C20H15N3O2S. The number of nitrogens with one attached hydrogen (secondary N) is 1. The van der Waals surface area contributed by atoms with E-state index < -0.39 is 0 Å². The Morgan fingerprint density at radius 3 is 2.92 bits per heavy atom. The van der Waals surface area contributed by atoms with Gasteiger partial charge in [-0.3, -0.25) is 9.78 Å². The second kappa shape index (κ2) is 7.01. The van der Waals surface area contributed by atoms with Gasteiger partial charge in [-0.25, -0.2) is 4.99 Å². The molecule has 0 bridgehead atoms. The van der Waals surface area contributed by atoms with Crippen molar-refractivity contribution < 1.29 is 9.53 Å². The van der Waals surface area contributed by atoms with Crippen molar-refractivity contribution in [1.82, 2.24) is 10.3 Å². The first kappa shape index (κ1) is 16.4. The molecule has 26 heavy (non-hydrogen) atoms. The molecule has 1 amide bonds. The number of nitrogens with zero attached hydrogens (tertiary/aromatic N) is 2. The van der Waals surface area contributed by atoms with E-state index in [1.807, 2.05) is 60.7 Å². The Bertz CT molecular complexity index is 1060. The first-order chi connectivity index (χ1) is 12.7. The molecule has 2 heterocycles. The Balaban J connectivity index is 1.62. The molecule has 0 aliphatic carbocycles. The number of aromatic nitrogens is 1. The molecule has 0 unspecified atom stereocenters. The molecule has 0 spiro atoms. The predicted molar refractivity (Wildman–Crippen MR) is 106 cm³/mol. The number of thioether (sulfide) groups is 1. The summed E-state index contributed by atoms with van der Waals surface area (Å²) in [7, 11) is 1.60. The number of ether oxygens (including phenoxy) is 1. The lowest BCUT2D eigenvalue weighted by Gasteiger charge is -2.03. The van der Waals surface area contributed by atoms with Crippen molar-refractivity contribution in [3.8, 4) is 5.75 Å². The average Bonchev–Trinajstić information content (AvgIpc) is 3.01. The fourth-order valence-corrected chi connectivity index (χ4v) is 3.48. The van der Waals surface area contributed by atoms with Crippen LogP contribution in [0.15, 0.2) is 70.7 Å². The predicted octanol–water partition coefficient (Wildman–Crippen LogP) is 4.14. The Labute approximate surface area is 154 Å². The second-order valence-electron chi connectivity index (χ2n) is 5.61. The molecule has 0 atom stereocenters. The summed E-state index contributed by atoms with van der Waals surface area (Å²) in [5, 5.41) is 4.37. The number of benzene rings is 2. The lowest BCUT2D eigenvalue weighted by molar-refractivity contribution is -0.115. The minimum absolute atomic E-state index is 0.157. The SMILES string of the molecule is COc1ccccc1/N=C1\NC(=O)/C(=C/c2ccc3ncccc3c2)S1. The monoisotopic (exact) mass is 361 g/mol. The maximum Gasteiger partial charge on any atom is 0.264 e. The lowest BCUT2D eigenvalue weighted by Crippen LogP contribution is -2.19. The molecule has 1 aliphatic heterocycles. The van der Waals surface area contributed by atoms with Gasteiger partial charge in [0.2, 0.25) is 0 Å². The van der Waals surface area contributed by atoms with Crippen molar-refractivity contribution in [3.63, 3.8) is 0 Å². The fourth-order valence-electron chi connectivity index (χ4n) is 2.65. The third-order valence-corrected chi connectivity index (χ3v) is 4.79. The molecule has 6 heteroatoms. The summed E-state index contributed by atoms with van der Waals surface area (Å²) >= 11 is 1.31. The van der Waals surface area contributed by atoms with Gasteiger partial charge in [-0.15, -0.1) is 0 Å². The summed E-state index contributed by atoms with van der Waals surface area (Å²) < 4.78 is 5.30. The lowest BCUT2D eigenvalue weighted by atomic mass is 10.1. The van der Waals surface area contributed by atoms with Crippen LogP contribution in [0.3, 0.4) is 0 Å². The standard InChI is InChI=1S/C20H15N3O2S/c1-25-17-7-3-2-6-16(17)22-20-23-19(24)18(26-20)12-13-8-9-15-14(11-13)5-4-10-21-15/h2-12H,1H3,(H,22,23,24)/b18-12-. The van der Waals surface area contributed by atoms with E-state index in [0.717, 1.165) is 16.5 Å². The van der Waals surface area contributed by atoms with E-state index in [-0.39, 0.29) is 5.91 Å². The third kappa shape index (κ3) is 3.32. The molecule has 1 saturated heterocycles. The Morgan fingerprint density at radius 1 is 1.15 bits per heavy atom. The Morgan fingerprint density at radius 2 is 2.04 bits per heavy atom. The Hall–Kier alpha value is -3.12. The number of amidine groups is 1. The number of pyridine rings is 1. The molecule has 5 nitrogen and oxygen atoms in total. The van der Waals surface area contributed by atoms with Crippen molar-refractivity contribution in [2.45, 2.75) is 0 Å². The smallest absolute Gasteiger partial charge is 0.264 e. The fraction of sp³-hybridized carbons (Fsp3) is 0.0500. The first-order valence-corrected chi connectivity index (χ1v) is 8.82. The molecule has 0 saturated carbocycles. The van der Waals surface area contributed by atoms with Gasteiger partial charge in [-0.05, 0) is 53.7 Å². The molecule has 1 fully saturated rings. The van der Waals surface area contributed by atoms with Crippen LogP contribution in [0.25, 0.3) is 17.0 Å². The molecule has 1 aliphatic rings. The molecular weight excluding hydrogens is 346 g/mol. The van der Waals surface area contributed by atoms with E-state index in [2.05, 4.69) is 15.3 Å². The number of hydrogen-bond donors (Lipinski definition) is 1. The zero-order chi connectivity index (χ0) is 17.9. The van der Waals surface area contributed by atoms with Crippen LogP contribution in [0.5, 0.6) is 5.75 Å². The van der Waals surface area contributed by atoms with Crippen LogP contribution >= 0.6 is 11.8 Å². The maximum atomic E-state index is 12.3. The van der Waals surface area contributed by atoms with Crippen molar-refractivity contribution in [3.05, 3.63) is 71.3 Å². The van der Waals surface area contributed by atoms with Gasteiger partial charge in [0, 0.05) is 11.6 Å². The number of methoxy groups -OCH3 is 1. The van der Waals surface area contributed by atoms with E-state index in [4.69, 9.17) is 4.74 Å². The highest BCUT2D eigenvalue weighted by Crippen LogP contribution is 2.32. The van der Waals surface area contributed by atoms with Crippen LogP contribution in [0, 0.1) is 0 Å². The summed E-state index contributed by atoms with van der Waals surface area (Å²) in [6.07, 6.45) is 3.62. The largest absolute Gasteiger partial charge is 0.494 e. The van der Waals surface area contributed by atoms with E-state index in [0.29, 0.717) is 21.5 Å². The number of carbonyl (C=O) groups excluding carboxylic acids is 1. The van der Waals surface area contributed by atoms with Gasteiger partial charge in [0.1, 0.15) is 11.4 Å². The highest BCUT2D eigenvalue weighted by atomic mass is 32.2. The zero-order valence-corrected chi connectivity index (χ0v) is 14.8. The van der Waals surface area contributed by atoms with Crippen molar-refractivity contribution in [2.24, 2.45) is 4.99 Å². The summed E-state index contributed by atoms with van der Waals surface area (Å²) in [6.45, 7) is 0. The number of para-hydroxylation sites is 2. The number of rotatable bonds is 3. The van der Waals surface area contributed by atoms with Gasteiger partial charge < -0.3 is 10.1 Å². The van der Waals surface area contributed by atoms with Crippen molar-refractivity contribution >= 4 is 45.5 Å². The van der Waals surface area contributed by atoms with Crippen LogP contribution in [0.1, 0.15) is 5.56 Å². The van der Waals surface area contributed by atoms with Gasteiger partial charge in [0.25, 0.3) is 5.91 Å². The van der Waals surface area contributed by atoms with Gasteiger partial charge in [0.15, 0.2) is 5.17 Å². The Kier molecular flexibility index (Phi) is 4.41. The van der Waals surface area contributed by atoms with Crippen molar-refractivity contribution in [2.75, 3.05) is 7.11 Å². The zero-order valence-electron chi connectivity index (χ0n) is 14.0. The van der Waals surface area contributed by atoms with E-state index in [1.54, 1.807) is 13.3 Å². The van der Waals surface area contributed by atoms with Gasteiger partial charge >= 0.3 is 0 Å². The van der Waals surface area contributed by atoms with E-state index in [9.17, 15) is 4.79 Å². The van der Waals surface area contributed by atoms with Crippen LogP contribution in [-0.2, 0) is 4.79 Å². The third-order valence-electron chi connectivity index (χ3n) is 3.88. The maximum absolute atomic E-state index is 12.3. The number of hydrogen-bond acceptors (Lipinski definition) is 5. The molecule has 128 valence electrons.